The summed E-state index contributed by atoms with van der Waals surface area (Å²) >= 11 is 0. The Hall–Kier alpha value is -3.54. The first-order valence-corrected chi connectivity index (χ1v) is 9.65. The topological polar surface area (TPSA) is 69.9 Å². The van der Waals surface area contributed by atoms with E-state index in [1.54, 1.807) is 18.3 Å². The summed E-state index contributed by atoms with van der Waals surface area (Å²) in [6.45, 7) is 0.855. The molecule has 0 spiro atoms. The number of hydrogen-bond acceptors (Lipinski definition) is 5. The smallest absolute Gasteiger partial charge is 0.337 e. The molecule has 0 saturated heterocycles. The third-order valence-electron chi connectivity index (χ3n) is 4.90. The lowest BCUT2D eigenvalue weighted by Crippen LogP contribution is -2.02. The normalized spacial score (nSPS) is 10.9. The Morgan fingerprint density at radius 3 is 2.66 bits per heavy atom. The Morgan fingerprint density at radius 2 is 1.83 bits per heavy atom. The number of hydrogen-bond donors (Lipinski definition) is 0. The molecule has 0 N–H and O–H groups in total. The third kappa shape index (κ3) is 4.32. The van der Waals surface area contributed by atoms with Crippen molar-refractivity contribution < 1.29 is 9.53 Å². The van der Waals surface area contributed by atoms with Crippen LogP contribution in [0.15, 0.2) is 67.1 Å². The molecule has 29 heavy (non-hydrogen) atoms. The van der Waals surface area contributed by atoms with E-state index in [0.717, 1.165) is 36.7 Å². The van der Waals surface area contributed by atoms with Crippen molar-refractivity contribution in [3.05, 3.63) is 78.2 Å². The fraction of sp³-hybridized carbons (Fsp3) is 0.217. The highest BCUT2D eigenvalue weighted by molar-refractivity contribution is 5.90. The van der Waals surface area contributed by atoms with Crippen molar-refractivity contribution in [2.75, 3.05) is 7.11 Å². The number of fused-ring (bicyclic) bond motifs is 1. The first-order valence-electron chi connectivity index (χ1n) is 9.65. The second kappa shape index (κ2) is 8.65. The van der Waals surface area contributed by atoms with Crippen LogP contribution >= 0.6 is 0 Å². The van der Waals surface area contributed by atoms with E-state index >= 15 is 0 Å². The van der Waals surface area contributed by atoms with Crippen LogP contribution in [0.5, 0.6) is 0 Å². The fourth-order valence-electron chi connectivity index (χ4n) is 3.35. The zero-order chi connectivity index (χ0) is 20.1. The molecule has 0 atom stereocenters. The number of carbonyl (C=O) groups is 1. The van der Waals surface area contributed by atoms with Gasteiger partial charge in [0.2, 0.25) is 0 Å². The van der Waals surface area contributed by atoms with Crippen LogP contribution in [-0.2, 0) is 17.7 Å². The molecule has 6 nitrogen and oxygen atoms in total. The molecule has 0 fully saturated rings. The lowest BCUT2D eigenvalue weighted by molar-refractivity contribution is 0.0600. The summed E-state index contributed by atoms with van der Waals surface area (Å²) < 4.78 is 6.77. The van der Waals surface area contributed by atoms with E-state index < -0.39 is 5.97 Å². The highest BCUT2D eigenvalue weighted by Crippen LogP contribution is 2.21. The number of carbonyl (C=O) groups excluding carboxylic acids is 1. The van der Waals surface area contributed by atoms with E-state index in [4.69, 9.17) is 4.74 Å². The largest absolute Gasteiger partial charge is 0.465 e. The lowest BCUT2D eigenvalue weighted by Gasteiger charge is -2.06. The molecule has 4 aromatic rings. The summed E-state index contributed by atoms with van der Waals surface area (Å²) in [6, 6.07) is 15.8. The first kappa shape index (κ1) is 18.8. The van der Waals surface area contributed by atoms with Crippen LogP contribution in [-0.4, -0.2) is 32.8 Å². The van der Waals surface area contributed by atoms with E-state index in [-0.39, 0.29) is 0 Å². The van der Waals surface area contributed by atoms with Crippen LogP contribution in [0.25, 0.3) is 22.3 Å². The van der Waals surface area contributed by atoms with Gasteiger partial charge in [-0.25, -0.2) is 4.79 Å². The maximum absolute atomic E-state index is 11.7. The van der Waals surface area contributed by atoms with Crippen LogP contribution in [0, 0.1) is 0 Å². The van der Waals surface area contributed by atoms with Gasteiger partial charge in [0.1, 0.15) is 0 Å². The molecule has 0 radical (unpaired) electrons. The predicted octanol–water partition coefficient (Wildman–Crippen LogP) is 4.30. The molecule has 0 aliphatic rings. The van der Waals surface area contributed by atoms with Gasteiger partial charge >= 0.3 is 5.97 Å². The quantitative estimate of drug-likeness (QED) is 0.350. The van der Waals surface area contributed by atoms with Crippen molar-refractivity contribution in [1.29, 1.82) is 0 Å². The van der Waals surface area contributed by atoms with Gasteiger partial charge in [-0.05, 0) is 43.0 Å². The Labute approximate surface area is 169 Å². The zero-order valence-electron chi connectivity index (χ0n) is 16.3. The summed E-state index contributed by atoms with van der Waals surface area (Å²) in [7, 11) is 1.36. The molecule has 0 unspecified atom stereocenters. The Kier molecular flexibility index (Phi) is 5.61. The lowest BCUT2D eigenvalue weighted by atomic mass is 10.1. The fourth-order valence-corrected chi connectivity index (χ4v) is 3.35. The van der Waals surface area contributed by atoms with E-state index in [1.165, 1.54) is 12.7 Å². The molecule has 4 rings (SSSR count). The number of rotatable bonds is 7. The van der Waals surface area contributed by atoms with E-state index in [0.29, 0.717) is 17.0 Å². The van der Waals surface area contributed by atoms with E-state index in [9.17, 15) is 4.79 Å². The number of ether oxygens (including phenoxy) is 1. The molecule has 6 heteroatoms. The molecule has 0 aliphatic heterocycles. The number of aryl methyl sites for hydroxylation is 2. The van der Waals surface area contributed by atoms with Gasteiger partial charge in [-0.15, -0.1) is 0 Å². The maximum atomic E-state index is 11.7. The summed E-state index contributed by atoms with van der Waals surface area (Å²) in [5, 5.41) is 5.52. The molecule has 3 heterocycles. The SMILES string of the molecule is COC(=O)c1ccnc(-c2cc3cnn(CCCCc4ccccc4)c3cn2)c1. The van der Waals surface area contributed by atoms with Crippen LogP contribution in [0.2, 0.25) is 0 Å². The molecule has 0 aliphatic carbocycles. The maximum Gasteiger partial charge on any atom is 0.337 e. The van der Waals surface area contributed by atoms with Crippen molar-refractivity contribution >= 4 is 16.9 Å². The molecule has 146 valence electrons. The minimum absolute atomic E-state index is 0.391. The van der Waals surface area contributed by atoms with Crippen molar-refractivity contribution in [2.24, 2.45) is 0 Å². The van der Waals surface area contributed by atoms with Crippen LogP contribution < -0.4 is 0 Å². The van der Waals surface area contributed by atoms with Crippen molar-refractivity contribution in [1.82, 2.24) is 19.7 Å². The predicted molar refractivity (Wildman–Crippen MR) is 111 cm³/mol. The van der Waals surface area contributed by atoms with Crippen molar-refractivity contribution in [3.63, 3.8) is 0 Å². The van der Waals surface area contributed by atoms with Gasteiger partial charge in [-0.1, -0.05) is 30.3 Å². The first-order chi connectivity index (χ1) is 14.2. The number of unbranched alkanes of at least 4 members (excludes halogenated alkanes) is 1. The van der Waals surface area contributed by atoms with Gasteiger partial charge in [0, 0.05) is 18.1 Å². The molecule has 0 amide bonds. The molecular weight excluding hydrogens is 364 g/mol. The van der Waals surface area contributed by atoms with Crippen molar-refractivity contribution in [2.45, 2.75) is 25.8 Å². The Balaban J connectivity index is 1.45. The van der Waals surface area contributed by atoms with Gasteiger partial charge in [0.05, 0.1) is 42.0 Å². The van der Waals surface area contributed by atoms with Crippen molar-refractivity contribution in [3.8, 4) is 11.4 Å². The zero-order valence-corrected chi connectivity index (χ0v) is 16.3. The average Bonchev–Trinajstić information content (AvgIpc) is 3.19. The van der Waals surface area contributed by atoms with Crippen LogP contribution in [0.1, 0.15) is 28.8 Å². The molecule has 3 aromatic heterocycles. The summed E-state index contributed by atoms with van der Waals surface area (Å²) in [5.74, 6) is -0.391. The Morgan fingerprint density at radius 1 is 1.00 bits per heavy atom. The minimum Gasteiger partial charge on any atom is -0.465 e. The van der Waals surface area contributed by atoms with Gasteiger partial charge < -0.3 is 4.74 Å². The molecule has 0 saturated carbocycles. The number of esters is 1. The minimum atomic E-state index is -0.391. The number of nitrogens with zero attached hydrogens (tertiary/aromatic N) is 4. The standard InChI is InChI=1S/C23H22N4O2/c1-29-23(28)18-10-11-24-20(13-18)21-14-19-15-26-27(22(19)16-25-21)12-6-5-9-17-7-3-2-4-8-17/h2-4,7-8,10-11,13-16H,5-6,9,12H2,1H3. The van der Waals surface area contributed by atoms with Crippen LogP contribution in [0.3, 0.4) is 0 Å². The average molecular weight is 386 g/mol. The summed E-state index contributed by atoms with van der Waals surface area (Å²) in [5.41, 5.74) is 4.15. The van der Waals surface area contributed by atoms with Crippen LogP contribution in [0.4, 0.5) is 0 Å². The Bertz CT molecular complexity index is 1120. The second-order valence-electron chi connectivity index (χ2n) is 6.86. The number of benzene rings is 1. The van der Waals surface area contributed by atoms with Gasteiger partial charge in [0.25, 0.3) is 0 Å². The summed E-state index contributed by atoms with van der Waals surface area (Å²) in [4.78, 5) is 20.6. The number of aromatic nitrogens is 4. The number of methoxy groups -OCH3 is 1. The molecular formula is C23H22N4O2. The van der Waals surface area contributed by atoms with E-state index in [1.807, 2.05) is 29.2 Å². The highest BCUT2D eigenvalue weighted by atomic mass is 16.5. The third-order valence-corrected chi connectivity index (χ3v) is 4.90. The van der Waals surface area contributed by atoms with Gasteiger partial charge in [-0.2, -0.15) is 5.10 Å². The molecule has 1 aromatic carbocycles. The molecule has 0 bridgehead atoms. The number of pyridine rings is 2. The van der Waals surface area contributed by atoms with Gasteiger partial charge in [-0.3, -0.25) is 14.6 Å². The second-order valence-corrected chi connectivity index (χ2v) is 6.86. The van der Waals surface area contributed by atoms with Gasteiger partial charge in [0.15, 0.2) is 0 Å². The summed E-state index contributed by atoms with van der Waals surface area (Å²) in [6.07, 6.45) is 8.49. The monoisotopic (exact) mass is 386 g/mol. The highest BCUT2D eigenvalue weighted by Gasteiger charge is 2.11. The van der Waals surface area contributed by atoms with E-state index in [2.05, 4.69) is 39.3 Å².